The van der Waals surface area contributed by atoms with E-state index in [0.717, 1.165) is 12.8 Å². The van der Waals surface area contributed by atoms with Crippen LogP contribution < -0.4 is 14.8 Å². The molecular weight excluding hydrogens is 332 g/mol. The van der Waals surface area contributed by atoms with Crippen molar-refractivity contribution in [3.05, 3.63) is 24.3 Å². The van der Waals surface area contributed by atoms with E-state index in [1.807, 2.05) is 12.1 Å². The average Bonchev–Trinajstić information content (AvgIpc) is 2.60. The summed E-state index contributed by atoms with van der Waals surface area (Å²) in [6.07, 6.45) is 1.44. The molecule has 1 atom stereocenters. The van der Waals surface area contributed by atoms with Crippen LogP contribution in [0.5, 0.6) is 11.5 Å². The normalized spacial score (nSPS) is 16.4. The number of alkyl halides is 1. The van der Waals surface area contributed by atoms with Crippen LogP contribution in [0.25, 0.3) is 0 Å². The van der Waals surface area contributed by atoms with Gasteiger partial charge in [-0.25, -0.2) is 0 Å². The molecule has 1 N–H and O–H groups in total. The summed E-state index contributed by atoms with van der Waals surface area (Å²) in [4.78, 5) is 25.6. The van der Waals surface area contributed by atoms with E-state index >= 15 is 0 Å². The molecule has 0 bridgehead atoms. The van der Waals surface area contributed by atoms with Gasteiger partial charge in [0, 0.05) is 19.1 Å². The van der Waals surface area contributed by atoms with Gasteiger partial charge in [-0.2, -0.15) is 0 Å². The molecule has 1 saturated heterocycles. The fourth-order valence-corrected chi connectivity index (χ4v) is 2.62. The zero-order chi connectivity index (χ0) is 17.5. The van der Waals surface area contributed by atoms with E-state index < -0.39 is 5.38 Å². The number of rotatable bonds is 6. The van der Waals surface area contributed by atoms with Crippen LogP contribution in [0.3, 0.4) is 0 Å². The summed E-state index contributed by atoms with van der Waals surface area (Å²) in [5.74, 6) is 0.908. The Morgan fingerprint density at radius 2 is 1.92 bits per heavy atom. The van der Waals surface area contributed by atoms with Gasteiger partial charge in [-0.15, -0.1) is 11.6 Å². The first-order chi connectivity index (χ1) is 11.5. The fraction of sp³-hybridized carbons (Fsp3) is 0.529. The van der Waals surface area contributed by atoms with Crippen molar-refractivity contribution < 1.29 is 19.1 Å². The number of carbonyl (C=O) groups is 2. The van der Waals surface area contributed by atoms with Crippen molar-refractivity contribution >= 4 is 23.4 Å². The first kappa shape index (κ1) is 18.4. The quantitative estimate of drug-likeness (QED) is 0.791. The van der Waals surface area contributed by atoms with Crippen molar-refractivity contribution in [2.24, 2.45) is 0 Å². The molecule has 0 radical (unpaired) electrons. The lowest BCUT2D eigenvalue weighted by molar-refractivity contribution is -0.134. The molecule has 0 saturated carbocycles. The van der Waals surface area contributed by atoms with Crippen LogP contribution in [-0.2, 0) is 9.59 Å². The molecule has 1 aromatic rings. The van der Waals surface area contributed by atoms with Gasteiger partial charge in [-0.3, -0.25) is 9.59 Å². The van der Waals surface area contributed by atoms with E-state index in [1.54, 1.807) is 31.1 Å². The van der Waals surface area contributed by atoms with Crippen LogP contribution in [0.2, 0.25) is 0 Å². The number of ether oxygens (including phenoxy) is 2. The topological polar surface area (TPSA) is 67.9 Å². The minimum Gasteiger partial charge on any atom is -0.493 e. The van der Waals surface area contributed by atoms with Crippen LogP contribution in [0.4, 0.5) is 0 Å². The maximum Gasteiger partial charge on any atom is 0.260 e. The van der Waals surface area contributed by atoms with Gasteiger partial charge >= 0.3 is 0 Å². The number of hydrogen-bond donors (Lipinski definition) is 1. The number of benzene rings is 1. The number of likely N-dealkylation sites (tertiary alicyclic amines) is 1. The molecular formula is C17H23ClN2O4. The Labute approximate surface area is 147 Å². The molecule has 0 spiro atoms. The van der Waals surface area contributed by atoms with E-state index in [1.165, 1.54) is 0 Å². The zero-order valence-corrected chi connectivity index (χ0v) is 14.7. The van der Waals surface area contributed by atoms with Crippen molar-refractivity contribution in [2.75, 3.05) is 26.8 Å². The van der Waals surface area contributed by atoms with E-state index in [4.69, 9.17) is 21.1 Å². The van der Waals surface area contributed by atoms with Crippen molar-refractivity contribution in [3.8, 4) is 11.5 Å². The summed E-state index contributed by atoms with van der Waals surface area (Å²) in [7, 11) is 1.56. The summed E-state index contributed by atoms with van der Waals surface area (Å²) < 4.78 is 10.8. The summed E-state index contributed by atoms with van der Waals surface area (Å²) in [5, 5.41) is 2.35. The van der Waals surface area contributed by atoms with Crippen molar-refractivity contribution in [2.45, 2.75) is 31.2 Å². The molecule has 0 aliphatic carbocycles. The van der Waals surface area contributed by atoms with Gasteiger partial charge < -0.3 is 19.7 Å². The second-order valence-corrected chi connectivity index (χ2v) is 6.37. The number of amides is 2. The molecule has 1 aromatic carbocycles. The third-order valence-corrected chi connectivity index (χ3v) is 4.17. The molecule has 24 heavy (non-hydrogen) atoms. The Bertz CT molecular complexity index is 571. The lowest BCUT2D eigenvalue weighted by atomic mass is 10.0. The van der Waals surface area contributed by atoms with Crippen LogP contribution >= 0.6 is 11.6 Å². The summed E-state index contributed by atoms with van der Waals surface area (Å²) >= 11 is 5.75. The maximum atomic E-state index is 12.3. The maximum absolute atomic E-state index is 12.3. The van der Waals surface area contributed by atoms with Gasteiger partial charge in [0.25, 0.3) is 5.91 Å². The molecule has 1 unspecified atom stereocenters. The zero-order valence-electron chi connectivity index (χ0n) is 14.0. The van der Waals surface area contributed by atoms with Crippen molar-refractivity contribution in [1.29, 1.82) is 0 Å². The number of methoxy groups -OCH3 is 1. The minimum absolute atomic E-state index is 0.0316. The highest BCUT2D eigenvalue weighted by atomic mass is 35.5. The molecule has 2 rings (SSSR count). The van der Waals surface area contributed by atoms with Crippen LogP contribution in [-0.4, -0.2) is 54.9 Å². The predicted molar refractivity (Wildman–Crippen MR) is 91.5 cm³/mol. The Hall–Kier alpha value is -1.95. The molecule has 7 heteroatoms. The van der Waals surface area contributed by atoms with Crippen LogP contribution in [0.15, 0.2) is 24.3 Å². The molecule has 1 aliphatic heterocycles. The number of para-hydroxylation sites is 2. The van der Waals surface area contributed by atoms with Gasteiger partial charge in [0.2, 0.25) is 5.91 Å². The summed E-state index contributed by atoms with van der Waals surface area (Å²) in [6, 6.07) is 7.29. The average molecular weight is 355 g/mol. The summed E-state index contributed by atoms with van der Waals surface area (Å²) in [5.41, 5.74) is 0. The Balaban J connectivity index is 1.78. The van der Waals surface area contributed by atoms with Gasteiger partial charge in [0.05, 0.1) is 7.11 Å². The number of hydrogen-bond acceptors (Lipinski definition) is 4. The fourth-order valence-electron chi connectivity index (χ4n) is 2.56. The number of piperidine rings is 1. The SMILES string of the molecule is COc1ccccc1OCC(=O)N1CCC(NC(=O)C(C)Cl)CC1. The van der Waals surface area contributed by atoms with Crippen molar-refractivity contribution in [1.82, 2.24) is 10.2 Å². The van der Waals surface area contributed by atoms with Crippen LogP contribution in [0, 0.1) is 0 Å². The molecule has 0 aromatic heterocycles. The number of nitrogens with zero attached hydrogens (tertiary/aromatic N) is 1. The monoisotopic (exact) mass is 354 g/mol. The third-order valence-electron chi connectivity index (χ3n) is 3.98. The Morgan fingerprint density at radius 3 is 2.50 bits per heavy atom. The first-order valence-corrected chi connectivity index (χ1v) is 8.43. The lowest BCUT2D eigenvalue weighted by Crippen LogP contribution is -2.48. The number of nitrogens with one attached hydrogen (secondary N) is 1. The smallest absolute Gasteiger partial charge is 0.260 e. The van der Waals surface area contributed by atoms with Crippen molar-refractivity contribution in [3.63, 3.8) is 0 Å². The molecule has 1 aliphatic rings. The standard InChI is InChI=1S/C17H23ClN2O4/c1-12(18)17(22)19-13-7-9-20(10-8-13)16(21)11-24-15-6-4-3-5-14(15)23-2/h3-6,12-13H,7-11H2,1-2H3,(H,19,22). The predicted octanol–water partition coefficient (Wildman–Crippen LogP) is 1.81. The minimum atomic E-state index is -0.543. The third kappa shape index (κ3) is 5.03. The summed E-state index contributed by atoms with van der Waals surface area (Å²) in [6.45, 7) is 2.80. The van der Waals surface area contributed by atoms with Gasteiger partial charge in [-0.05, 0) is 31.9 Å². The highest BCUT2D eigenvalue weighted by molar-refractivity contribution is 6.30. The highest BCUT2D eigenvalue weighted by Gasteiger charge is 2.25. The highest BCUT2D eigenvalue weighted by Crippen LogP contribution is 2.25. The van der Waals surface area contributed by atoms with E-state index in [2.05, 4.69) is 5.32 Å². The second-order valence-electron chi connectivity index (χ2n) is 5.72. The molecule has 1 heterocycles. The first-order valence-electron chi connectivity index (χ1n) is 7.99. The van der Waals surface area contributed by atoms with E-state index in [-0.39, 0.29) is 24.5 Å². The largest absolute Gasteiger partial charge is 0.493 e. The molecule has 132 valence electrons. The molecule has 6 nitrogen and oxygen atoms in total. The van der Waals surface area contributed by atoms with Gasteiger partial charge in [0.1, 0.15) is 5.38 Å². The number of carbonyl (C=O) groups excluding carboxylic acids is 2. The van der Waals surface area contributed by atoms with E-state index in [0.29, 0.717) is 24.6 Å². The molecule has 2 amide bonds. The Kier molecular flexibility index (Phi) is 6.73. The molecule has 1 fully saturated rings. The van der Waals surface area contributed by atoms with Gasteiger partial charge in [0.15, 0.2) is 18.1 Å². The van der Waals surface area contributed by atoms with Gasteiger partial charge in [-0.1, -0.05) is 12.1 Å². The van der Waals surface area contributed by atoms with Crippen LogP contribution in [0.1, 0.15) is 19.8 Å². The lowest BCUT2D eigenvalue weighted by Gasteiger charge is -2.32. The van der Waals surface area contributed by atoms with E-state index in [9.17, 15) is 9.59 Å². The Morgan fingerprint density at radius 1 is 1.29 bits per heavy atom. The number of halogens is 1. The second kappa shape index (κ2) is 8.78.